The molecule has 66 heavy (non-hydrogen) atoms. The second-order valence-corrected chi connectivity index (χ2v) is 17.3. The van der Waals surface area contributed by atoms with E-state index in [1.807, 2.05) is 121 Å². The van der Waals surface area contributed by atoms with Gasteiger partial charge in [-0.1, -0.05) is 97.1 Å². The van der Waals surface area contributed by atoms with Crippen LogP contribution in [0.25, 0.3) is 12.2 Å². The van der Waals surface area contributed by atoms with E-state index in [9.17, 15) is 16.8 Å². The number of hydrogen-bond donors (Lipinski definition) is 6. The Morgan fingerprint density at radius 3 is 0.833 bits per heavy atom. The highest BCUT2D eigenvalue weighted by Crippen LogP contribution is 2.30. The molecule has 6 N–H and O–H groups in total. The molecule has 0 saturated carbocycles. The third kappa shape index (κ3) is 11.4. The van der Waals surface area contributed by atoms with Gasteiger partial charge in [-0.2, -0.15) is 46.7 Å². The molecule has 18 nitrogen and oxygen atoms in total. The first-order chi connectivity index (χ1) is 32.0. The van der Waals surface area contributed by atoms with Crippen molar-refractivity contribution >= 4 is 102 Å². The molecule has 0 aliphatic heterocycles. The highest BCUT2D eigenvalue weighted by Gasteiger charge is 2.21. The topological polar surface area (TPSA) is 236 Å². The third-order valence-corrected chi connectivity index (χ3v) is 12.0. The molecule has 8 aromatic rings. The Bertz CT molecular complexity index is 2880. The van der Waals surface area contributed by atoms with Crippen LogP contribution in [-0.2, 0) is 28.6 Å². The van der Waals surface area contributed by atoms with Crippen molar-refractivity contribution in [3.05, 3.63) is 169 Å². The number of nitrogens with zero attached hydrogens (tertiary/aromatic N) is 6. The van der Waals surface area contributed by atoms with Gasteiger partial charge in [-0.3, -0.25) is 8.37 Å². The number of nitrogens with one attached hydrogen (secondary N) is 6. The summed E-state index contributed by atoms with van der Waals surface area (Å²) in [5.74, 6) is 1.05. The van der Waals surface area contributed by atoms with Gasteiger partial charge in [0, 0.05) is 34.1 Å². The smallest absolute Gasteiger partial charge is 0.297 e. The van der Waals surface area contributed by atoms with E-state index < -0.39 is 20.2 Å². The van der Waals surface area contributed by atoms with Gasteiger partial charge in [0.25, 0.3) is 20.2 Å². The zero-order valence-corrected chi connectivity index (χ0v) is 36.7. The van der Waals surface area contributed by atoms with Crippen LogP contribution >= 0.6 is 0 Å². The molecule has 0 spiro atoms. The molecule has 20 heteroatoms. The van der Waals surface area contributed by atoms with E-state index in [0.29, 0.717) is 11.4 Å². The van der Waals surface area contributed by atoms with Crippen molar-refractivity contribution < 1.29 is 25.2 Å². The zero-order valence-electron chi connectivity index (χ0n) is 35.1. The average molecular weight is 921 g/mol. The second kappa shape index (κ2) is 20.0. The molecule has 8 rings (SSSR count). The molecule has 2 heterocycles. The maximum atomic E-state index is 13.4. The molecule has 0 bridgehead atoms. The maximum Gasteiger partial charge on any atom is 0.297 e. The highest BCUT2D eigenvalue weighted by molar-refractivity contribution is 7.87. The summed E-state index contributed by atoms with van der Waals surface area (Å²) in [5.41, 5.74) is 3.89. The molecule has 6 aromatic carbocycles. The van der Waals surface area contributed by atoms with E-state index in [2.05, 4.69) is 61.8 Å². The Morgan fingerprint density at radius 2 is 0.591 bits per heavy atom. The monoisotopic (exact) mass is 920 g/mol. The Balaban J connectivity index is 1.09. The van der Waals surface area contributed by atoms with Gasteiger partial charge in [0.15, 0.2) is 0 Å². The molecule has 0 aliphatic carbocycles. The number of anilines is 12. The van der Waals surface area contributed by atoms with Crippen LogP contribution in [0.2, 0.25) is 0 Å². The lowest BCUT2D eigenvalue weighted by atomic mass is 10.1. The Labute approximate surface area is 380 Å². The Kier molecular flexibility index (Phi) is 13.5. The van der Waals surface area contributed by atoms with E-state index in [1.165, 1.54) is 36.4 Å². The molecule has 0 amide bonds. The van der Waals surface area contributed by atoms with Crippen LogP contribution in [0.3, 0.4) is 0 Å². The fourth-order valence-corrected chi connectivity index (χ4v) is 7.99. The lowest BCUT2D eigenvalue weighted by Gasteiger charge is -2.14. The van der Waals surface area contributed by atoms with Crippen LogP contribution < -0.4 is 31.9 Å². The highest BCUT2D eigenvalue weighted by atomic mass is 32.2. The summed E-state index contributed by atoms with van der Waals surface area (Å²) >= 11 is 0. The fourth-order valence-electron chi connectivity index (χ4n) is 6.24. The van der Waals surface area contributed by atoms with E-state index in [0.717, 1.165) is 37.0 Å². The zero-order chi connectivity index (χ0) is 45.9. The number of benzene rings is 6. The normalized spacial score (nSPS) is 11.5. The van der Waals surface area contributed by atoms with Crippen LogP contribution in [0, 0.1) is 0 Å². The SMILES string of the molecule is COS(=O)(=O)c1cc(Nc2nc(Nc3ccccc3)nc(Nc3ccccc3)n2)ccc1C=Cc1ccc(Nc2nc(Nc3ccccc3)nc(Nc3ccccc3)n2)cc1S(=O)(=O)OC. The fraction of sp³-hybridized carbons (Fsp3) is 0.0435. The molecule has 332 valence electrons. The molecule has 2 aromatic heterocycles. The molecular weight excluding hydrogens is 881 g/mol. The first-order valence-corrected chi connectivity index (χ1v) is 22.8. The predicted octanol–water partition coefficient (Wildman–Crippen LogP) is 9.36. The minimum Gasteiger partial charge on any atom is -0.324 e. The van der Waals surface area contributed by atoms with E-state index in [4.69, 9.17) is 8.37 Å². The van der Waals surface area contributed by atoms with Crippen molar-refractivity contribution in [2.24, 2.45) is 0 Å². The average Bonchev–Trinajstić information content (AvgIpc) is 3.32. The van der Waals surface area contributed by atoms with Crippen molar-refractivity contribution in [3.63, 3.8) is 0 Å². The van der Waals surface area contributed by atoms with E-state index in [-0.39, 0.29) is 56.6 Å². The van der Waals surface area contributed by atoms with E-state index in [1.54, 1.807) is 12.1 Å². The lowest BCUT2D eigenvalue weighted by Crippen LogP contribution is -2.09. The van der Waals surface area contributed by atoms with Crippen LogP contribution in [0.4, 0.5) is 69.8 Å². The van der Waals surface area contributed by atoms with Crippen LogP contribution in [-0.4, -0.2) is 61.0 Å². The second-order valence-electron chi connectivity index (χ2n) is 13.9. The molecule has 0 aliphatic rings. The van der Waals surface area contributed by atoms with Gasteiger partial charge < -0.3 is 31.9 Å². The molecule has 0 fully saturated rings. The van der Waals surface area contributed by atoms with Crippen molar-refractivity contribution in [1.82, 2.24) is 29.9 Å². The summed E-state index contributed by atoms with van der Waals surface area (Å²) in [6.45, 7) is 0. The van der Waals surface area contributed by atoms with Crippen molar-refractivity contribution in [2.75, 3.05) is 46.1 Å². The largest absolute Gasteiger partial charge is 0.324 e. The van der Waals surface area contributed by atoms with Gasteiger partial charge in [0.2, 0.25) is 35.7 Å². The standard InChI is InChI=1S/C46H40N12O6S2/c1-63-65(59,60)39-29-37(51-45-55-41(47-33-15-7-3-8-16-33)53-42(56-45)48-34-17-9-4-10-18-34)27-25-31(39)23-24-32-26-28-38(30-40(32)66(61,62)64-2)52-46-57-43(49-35-19-11-5-12-20-35)54-44(58-46)50-36-21-13-6-14-22-36/h3-30H,1-2H3,(H3,47,48,51,53,55,56)(H3,49,50,52,54,57,58). The summed E-state index contributed by atoms with van der Waals surface area (Å²) in [4.78, 5) is 26.7. The van der Waals surface area contributed by atoms with Gasteiger partial charge in [0.1, 0.15) is 9.79 Å². The first-order valence-electron chi connectivity index (χ1n) is 19.9. The summed E-state index contributed by atoms with van der Waals surface area (Å²) in [6.07, 6.45) is 2.91. The molecule has 0 atom stereocenters. The van der Waals surface area contributed by atoms with Crippen molar-refractivity contribution in [2.45, 2.75) is 9.79 Å². The van der Waals surface area contributed by atoms with Crippen LogP contribution in [0.1, 0.15) is 11.1 Å². The minimum atomic E-state index is -4.33. The first kappa shape index (κ1) is 44.3. The molecule has 0 saturated heterocycles. The summed E-state index contributed by atoms with van der Waals surface area (Å²) in [5, 5.41) is 18.8. The van der Waals surface area contributed by atoms with Gasteiger partial charge in [-0.15, -0.1) is 0 Å². The Morgan fingerprint density at radius 1 is 0.348 bits per heavy atom. The van der Waals surface area contributed by atoms with Crippen molar-refractivity contribution in [3.8, 4) is 0 Å². The van der Waals surface area contributed by atoms with Crippen molar-refractivity contribution in [1.29, 1.82) is 0 Å². The Hall–Kier alpha value is -8.30. The lowest BCUT2D eigenvalue weighted by molar-refractivity contribution is 0.396. The van der Waals surface area contributed by atoms with Gasteiger partial charge in [0.05, 0.1) is 14.2 Å². The van der Waals surface area contributed by atoms with E-state index >= 15 is 0 Å². The van der Waals surface area contributed by atoms with Gasteiger partial charge in [-0.05, 0) is 83.9 Å². The molecule has 0 radical (unpaired) electrons. The molecule has 0 unspecified atom stereocenters. The minimum absolute atomic E-state index is 0.0959. The van der Waals surface area contributed by atoms with Crippen LogP contribution in [0.5, 0.6) is 0 Å². The summed E-state index contributed by atoms with van der Waals surface area (Å²) < 4.78 is 63.5. The molecular formula is C46H40N12O6S2. The predicted molar refractivity (Wildman–Crippen MR) is 255 cm³/mol. The van der Waals surface area contributed by atoms with Crippen LogP contribution in [0.15, 0.2) is 168 Å². The maximum absolute atomic E-state index is 13.4. The summed E-state index contributed by atoms with van der Waals surface area (Å²) in [7, 11) is -6.57. The quantitative estimate of drug-likeness (QED) is 0.0347. The third-order valence-electron chi connectivity index (χ3n) is 9.35. The van der Waals surface area contributed by atoms with Gasteiger partial charge >= 0.3 is 0 Å². The number of aromatic nitrogens is 6. The number of para-hydroxylation sites is 4. The van der Waals surface area contributed by atoms with Gasteiger partial charge in [-0.25, -0.2) is 0 Å². The number of rotatable bonds is 18. The number of hydrogen-bond acceptors (Lipinski definition) is 18. The summed E-state index contributed by atoms with van der Waals surface area (Å²) in [6, 6.07) is 46.3.